The molecule has 1 aliphatic heterocycles. The summed E-state index contributed by atoms with van der Waals surface area (Å²) in [6.07, 6.45) is 1.62. The Balaban J connectivity index is 2.22. The van der Waals surface area contributed by atoms with Crippen LogP contribution >= 0.6 is 0 Å². The number of rotatable bonds is 8. The fraction of sp³-hybridized carbons (Fsp3) is 0.520. The molecular weight excluding hydrogens is 396 g/mol. The molecule has 1 aliphatic rings. The molecule has 1 aromatic carbocycles. The van der Waals surface area contributed by atoms with E-state index in [1.807, 2.05) is 26.0 Å². The van der Waals surface area contributed by atoms with Gasteiger partial charge in [-0.25, -0.2) is 9.59 Å². The lowest BCUT2D eigenvalue weighted by Crippen LogP contribution is -2.52. The minimum Gasteiger partial charge on any atom is -0.462 e. The molecule has 1 atom stereocenters. The molecule has 0 aromatic heterocycles. The van der Waals surface area contributed by atoms with E-state index in [2.05, 4.69) is 46.1 Å². The van der Waals surface area contributed by atoms with Gasteiger partial charge in [-0.1, -0.05) is 65.1 Å². The SMILES string of the molecule is C=CC(=O)OCC1(C)COC(C(C)(COC(=O)C=C)c2ccc(C(C)(C)C)cc2)OC1. The molecule has 1 saturated heterocycles. The van der Waals surface area contributed by atoms with Gasteiger partial charge in [0.2, 0.25) is 0 Å². The van der Waals surface area contributed by atoms with E-state index >= 15 is 0 Å². The summed E-state index contributed by atoms with van der Waals surface area (Å²) in [6.45, 7) is 18.1. The second kappa shape index (κ2) is 9.79. The standard InChI is InChI=1S/C25H34O6/c1-8-20(26)28-14-24(6)15-30-22(31-16-24)25(7,17-29-21(27)9-2)19-12-10-18(11-13-19)23(3,4)5/h8-13,22H,1-2,14-17H2,3-7H3. The van der Waals surface area contributed by atoms with Crippen LogP contribution in [0.3, 0.4) is 0 Å². The molecule has 0 bridgehead atoms. The third-order valence-corrected chi connectivity index (χ3v) is 5.51. The van der Waals surface area contributed by atoms with Crippen molar-refractivity contribution in [2.24, 2.45) is 5.41 Å². The summed E-state index contributed by atoms with van der Waals surface area (Å²) in [4.78, 5) is 23.2. The average molecular weight is 431 g/mol. The summed E-state index contributed by atoms with van der Waals surface area (Å²) >= 11 is 0. The van der Waals surface area contributed by atoms with E-state index in [0.29, 0.717) is 13.2 Å². The number of carbonyl (C=O) groups excluding carboxylic acids is 2. The van der Waals surface area contributed by atoms with Crippen LogP contribution in [0.2, 0.25) is 0 Å². The van der Waals surface area contributed by atoms with Gasteiger partial charge >= 0.3 is 11.9 Å². The molecule has 0 radical (unpaired) electrons. The Morgan fingerprint density at radius 3 is 1.97 bits per heavy atom. The number of hydrogen-bond donors (Lipinski definition) is 0. The molecule has 1 fully saturated rings. The third kappa shape index (κ3) is 6.28. The minimum atomic E-state index is -0.742. The molecule has 2 rings (SSSR count). The van der Waals surface area contributed by atoms with Crippen LogP contribution in [0.4, 0.5) is 0 Å². The van der Waals surface area contributed by atoms with Gasteiger partial charge in [0.15, 0.2) is 6.29 Å². The van der Waals surface area contributed by atoms with Crippen molar-refractivity contribution in [2.45, 2.75) is 51.7 Å². The van der Waals surface area contributed by atoms with Crippen LogP contribution < -0.4 is 0 Å². The van der Waals surface area contributed by atoms with Gasteiger partial charge < -0.3 is 18.9 Å². The van der Waals surface area contributed by atoms with Crippen molar-refractivity contribution in [3.05, 3.63) is 60.7 Å². The molecule has 6 heteroatoms. The number of ether oxygens (including phenoxy) is 4. The summed E-state index contributed by atoms with van der Waals surface area (Å²) in [5.41, 5.74) is 0.929. The Bertz CT molecular complexity index is 796. The van der Waals surface area contributed by atoms with Crippen LogP contribution in [0.15, 0.2) is 49.6 Å². The molecule has 1 heterocycles. The van der Waals surface area contributed by atoms with Crippen LogP contribution in [0.1, 0.15) is 45.7 Å². The van der Waals surface area contributed by atoms with Crippen LogP contribution in [-0.4, -0.2) is 44.7 Å². The lowest BCUT2D eigenvalue weighted by Gasteiger charge is -2.44. The minimum absolute atomic E-state index is 0.0206. The molecule has 170 valence electrons. The average Bonchev–Trinajstić information content (AvgIpc) is 2.75. The van der Waals surface area contributed by atoms with Crippen molar-refractivity contribution in [3.63, 3.8) is 0 Å². The Morgan fingerprint density at radius 1 is 1.00 bits per heavy atom. The van der Waals surface area contributed by atoms with Crippen LogP contribution in [0, 0.1) is 5.41 Å². The van der Waals surface area contributed by atoms with E-state index < -0.39 is 29.1 Å². The van der Waals surface area contributed by atoms with Gasteiger partial charge in [0.25, 0.3) is 0 Å². The van der Waals surface area contributed by atoms with Gasteiger partial charge in [-0.05, 0) is 23.5 Å². The van der Waals surface area contributed by atoms with E-state index in [-0.39, 0.29) is 18.6 Å². The Labute approximate surface area is 185 Å². The van der Waals surface area contributed by atoms with E-state index in [9.17, 15) is 9.59 Å². The lowest BCUT2D eigenvalue weighted by atomic mass is 9.79. The van der Waals surface area contributed by atoms with Gasteiger partial charge in [-0.3, -0.25) is 0 Å². The molecule has 31 heavy (non-hydrogen) atoms. The fourth-order valence-corrected chi connectivity index (χ4v) is 3.32. The normalized spacial score (nSPS) is 23.3. The van der Waals surface area contributed by atoms with Crippen LogP contribution in [-0.2, 0) is 39.4 Å². The van der Waals surface area contributed by atoms with Gasteiger partial charge in [0.05, 0.1) is 18.6 Å². The molecule has 0 saturated carbocycles. The highest BCUT2D eigenvalue weighted by molar-refractivity contribution is 5.81. The van der Waals surface area contributed by atoms with Crippen LogP contribution in [0.25, 0.3) is 0 Å². The summed E-state index contributed by atoms with van der Waals surface area (Å²) in [7, 11) is 0. The van der Waals surface area contributed by atoms with E-state index in [0.717, 1.165) is 17.7 Å². The highest BCUT2D eigenvalue weighted by atomic mass is 16.7. The molecule has 0 N–H and O–H groups in total. The van der Waals surface area contributed by atoms with Gasteiger partial charge in [-0.15, -0.1) is 0 Å². The maximum Gasteiger partial charge on any atom is 0.330 e. The highest BCUT2D eigenvalue weighted by Gasteiger charge is 2.45. The second-order valence-electron chi connectivity index (χ2n) is 9.63. The van der Waals surface area contributed by atoms with Crippen molar-refractivity contribution in [1.82, 2.24) is 0 Å². The fourth-order valence-electron chi connectivity index (χ4n) is 3.32. The third-order valence-electron chi connectivity index (χ3n) is 5.51. The molecular formula is C25H34O6. The zero-order valence-corrected chi connectivity index (χ0v) is 19.2. The largest absolute Gasteiger partial charge is 0.462 e. The first-order chi connectivity index (χ1) is 14.4. The Morgan fingerprint density at radius 2 is 1.48 bits per heavy atom. The summed E-state index contributed by atoms with van der Waals surface area (Å²) in [6, 6.07) is 8.19. The number of benzene rings is 1. The predicted octanol–water partition coefficient (Wildman–Crippen LogP) is 4.08. The van der Waals surface area contributed by atoms with Crippen molar-refractivity contribution in [2.75, 3.05) is 26.4 Å². The first-order valence-corrected chi connectivity index (χ1v) is 10.4. The molecule has 0 spiro atoms. The number of esters is 2. The van der Waals surface area contributed by atoms with E-state index in [4.69, 9.17) is 18.9 Å². The number of hydrogen-bond acceptors (Lipinski definition) is 6. The van der Waals surface area contributed by atoms with E-state index in [1.165, 1.54) is 5.56 Å². The van der Waals surface area contributed by atoms with Crippen molar-refractivity contribution < 1.29 is 28.5 Å². The first-order valence-electron chi connectivity index (χ1n) is 10.4. The van der Waals surface area contributed by atoms with Crippen molar-refractivity contribution >= 4 is 11.9 Å². The first kappa shape index (κ1) is 24.8. The maximum absolute atomic E-state index is 11.8. The molecule has 6 nitrogen and oxygen atoms in total. The van der Waals surface area contributed by atoms with Gasteiger partial charge in [0.1, 0.15) is 13.2 Å². The molecule has 0 amide bonds. The van der Waals surface area contributed by atoms with Crippen molar-refractivity contribution in [1.29, 1.82) is 0 Å². The number of carbonyl (C=O) groups is 2. The molecule has 1 aromatic rings. The molecule has 0 aliphatic carbocycles. The van der Waals surface area contributed by atoms with Gasteiger partial charge in [-0.2, -0.15) is 0 Å². The topological polar surface area (TPSA) is 71.1 Å². The smallest absolute Gasteiger partial charge is 0.330 e. The summed E-state index contributed by atoms with van der Waals surface area (Å²) < 4.78 is 22.8. The second-order valence-corrected chi connectivity index (χ2v) is 9.63. The predicted molar refractivity (Wildman–Crippen MR) is 119 cm³/mol. The zero-order valence-electron chi connectivity index (χ0n) is 19.2. The maximum atomic E-state index is 11.8. The van der Waals surface area contributed by atoms with E-state index in [1.54, 1.807) is 0 Å². The van der Waals surface area contributed by atoms with Gasteiger partial charge in [0, 0.05) is 17.6 Å². The lowest BCUT2D eigenvalue weighted by molar-refractivity contribution is -0.263. The Hall–Kier alpha value is -2.44. The summed E-state index contributed by atoms with van der Waals surface area (Å²) in [5, 5.41) is 0. The quantitative estimate of drug-likeness (QED) is 0.457. The monoisotopic (exact) mass is 430 g/mol. The molecule has 1 unspecified atom stereocenters. The Kier molecular flexibility index (Phi) is 7.84. The highest BCUT2D eigenvalue weighted by Crippen LogP contribution is 2.37. The zero-order chi connectivity index (χ0) is 23.3. The summed E-state index contributed by atoms with van der Waals surface area (Å²) in [5.74, 6) is -0.988. The van der Waals surface area contributed by atoms with Crippen LogP contribution in [0.5, 0.6) is 0 Å². The van der Waals surface area contributed by atoms with Crippen molar-refractivity contribution in [3.8, 4) is 0 Å².